The molecule has 1 aliphatic rings. The molecule has 0 unspecified atom stereocenters. The summed E-state index contributed by atoms with van der Waals surface area (Å²) in [6, 6.07) is 3.84. The second-order valence-corrected chi connectivity index (χ2v) is 7.68. The molecule has 5 rings (SSSR count). The average Bonchev–Trinajstić information content (AvgIpc) is 3.37. The minimum absolute atomic E-state index is 0.132. The van der Waals surface area contributed by atoms with E-state index in [1.807, 2.05) is 6.07 Å². The first-order chi connectivity index (χ1) is 14.6. The van der Waals surface area contributed by atoms with Gasteiger partial charge in [0.2, 0.25) is 0 Å². The van der Waals surface area contributed by atoms with Crippen LogP contribution >= 0.6 is 0 Å². The molecule has 0 radical (unpaired) electrons. The van der Waals surface area contributed by atoms with Gasteiger partial charge in [-0.25, -0.2) is 24.1 Å². The number of halogens is 1. The Morgan fingerprint density at radius 1 is 1.23 bits per heavy atom. The highest BCUT2D eigenvalue weighted by Crippen LogP contribution is 2.32. The Kier molecular flexibility index (Phi) is 4.57. The number of nitrogens with zero attached hydrogens (tertiary/aromatic N) is 4. The van der Waals surface area contributed by atoms with Gasteiger partial charge in [-0.05, 0) is 37.8 Å². The number of aromatic nitrogens is 5. The van der Waals surface area contributed by atoms with Gasteiger partial charge in [-0.3, -0.25) is 0 Å². The fourth-order valence-electron chi connectivity index (χ4n) is 4.28. The van der Waals surface area contributed by atoms with E-state index in [0.717, 1.165) is 42.3 Å². The average molecular weight is 407 g/mol. The van der Waals surface area contributed by atoms with Crippen LogP contribution in [0.1, 0.15) is 31.7 Å². The Balaban J connectivity index is 1.44. The summed E-state index contributed by atoms with van der Waals surface area (Å²) in [7, 11) is 1.63. The monoisotopic (exact) mass is 407 g/mol. The van der Waals surface area contributed by atoms with Crippen LogP contribution in [0.3, 0.4) is 0 Å². The molecule has 0 spiro atoms. The Labute approximate surface area is 171 Å². The second kappa shape index (κ2) is 7.40. The van der Waals surface area contributed by atoms with E-state index in [-0.39, 0.29) is 12.1 Å². The van der Waals surface area contributed by atoms with Crippen molar-refractivity contribution in [1.82, 2.24) is 35.1 Å². The molecule has 4 aromatic heterocycles. The van der Waals surface area contributed by atoms with E-state index >= 15 is 0 Å². The fraction of sp³-hybridized carbons (Fsp3) is 0.333. The van der Waals surface area contributed by atoms with Crippen molar-refractivity contribution in [2.45, 2.75) is 37.8 Å². The summed E-state index contributed by atoms with van der Waals surface area (Å²) >= 11 is 0. The number of pyridine rings is 1. The summed E-state index contributed by atoms with van der Waals surface area (Å²) < 4.78 is 15.9. The lowest BCUT2D eigenvalue weighted by Gasteiger charge is -2.30. The first-order valence-corrected chi connectivity index (χ1v) is 10.1. The van der Waals surface area contributed by atoms with E-state index in [0.29, 0.717) is 22.9 Å². The normalized spacial score (nSPS) is 19.3. The van der Waals surface area contributed by atoms with Crippen LogP contribution in [-0.2, 0) is 0 Å². The van der Waals surface area contributed by atoms with Crippen LogP contribution in [0.25, 0.3) is 33.5 Å². The lowest BCUT2D eigenvalue weighted by molar-refractivity contribution is 0.229. The standard InChI is InChI=1S/C21H22FN7O/c1-23-21(30)27-14-2-4-15(5-3-14)29-7-6-12-9-24-19(28-20(12)29)17-11-26-18-16(17)8-13(22)10-25-18/h6-11,14-15H,2-5H2,1H3,(H,25,26)(H2,23,27,30). The smallest absolute Gasteiger partial charge is 0.314 e. The minimum Gasteiger partial charge on any atom is -0.345 e. The maximum absolute atomic E-state index is 13.7. The van der Waals surface area contributed by atoms with E-state index in [4.69, 9.17) is 4.98 Å². The van der Waals surface area contributed by atoms with Crippen LogP contribution in [0.5, 0.6) is 0 Å². The SMILES string of the molecule is CNC(=O)NC1CCC(n2ccc3cnc(-c4c[nH]c5ncc(F)cc45)nc32)CC1. The predicted octanol–water partition coefficient (Wildman–Crippen LogP) is 3.53. The largest absolute Gasteiger partial charge is 0.345 e. The molecular formula is C21H22FN7O. The van der Waals surface area contributed by atoms with Crippen molar-refractivity contribution in [2.24, 2.45) is 0 Å². The van der Waals surface area contributed by atoms with Crippen molar-refractivity contribution in [2.75, 3.05) is 7.05 Å². The summed E-state index contributed by atoms with van der Waals surface area (Å²) in [5, 5.41) is 7.23. The maximum Gasteiger partial charge on any atom is 0.314 e. The molecule has 0 atom stereocenters. The molecule has 9 heteroatoms. The lowest BCUT2D eigenvalue weighted by atomic mass is 9.91. The highest BCUT2D eigenvalue weighted by atomic mass is 19.1. The van der Waals surface area contributed by atoms with Crippen molar-refractivity contribution < 1.29 is 9.18 Å². The molecule has 4 heterocycles. The molecule has 8 nitrogen and oxygen atoms in total. The lowest BCUT2D eigenvalue weighted by Crippen LogP contribution is -2.42. The summed E-state index contributed by atoms with van der Waals surface area (Å²) in [6.45, 7) is 0. The van der Waals surface area contributed by atoms with E-state index < -0.39 is 5.82 Å². The third kappa shape index (κ3) is 3.26. The van der Waals surface area contributed by atoms with Crippen LogP contribution in [-0.4, -0.2) is 43.6 Å². The Bertz CT molecular complexity index is 1220. The fourth-order valence-corrected chi connectivity index (χ4v) is 4.28. The Morgan fingerprint density at radius 2 is 2.07 bits per heavy atom. The number of aromatic amines is 1. The zero-order valence-electron chi connectivity index (χ0n) is 16.5. The van der Waals surface area contributed by atoms with Crippen LogP contribution in [0.4, 0.5) is 9.18 Å². The number of carbonyl (C=O) groups excluding carboxylic acids is 1. The molecule has 0 aliphatic heterocycles. The third-order valence-electron chi connectivity index (χ3n) is 5.85. The molecule has 0 aromatic carbocycles. The second-order valence-electron chi connectivity index (χ2n) is 7.68. The topological polar surface area (TPSA) is 101 Å². The van der Waals surface area contributed by atoms with Gasteiger partial charge in [0.1, 0.15) is 17.1 Å². The number of amides is 2. The molecule has 2 amide bonds. The molecule has 154 valence electrons. The van der Waals surface area contributed by atoms with Gasteiger partial charge in [0.25, 0.3) is 0 Å². The van der Waals surface area contributed by atoms with Gasteiger partial charge in [-0.15, -0.1) is 0 Å². The molecule has 4 aromatic rings. The summed E-state index contributed by atoms with van der Waals surface area (Å²) in [4.78, 5) is 28.0. The van der Waals surface area contributed by atoms with Crippen molar-refractivity contribution in [3.8, 4) is 11.4 Å². The number of hydrogen-bond donors (Lipinski definition) is 3. The zero-order valence-corrected chi connectivity index (χ0v) is 16.5. The number of H-pyrrole nitrogens is 1. The minimum atomic E-state index is -0.394. The molecule has 1 saturated carbocycles. The Morgan fingerprint density at radius 3 is 2.87 bits per heavy atom. The number of fused-ring (bicyclic) bond motifs is 2. The summed E-state index contributed by atoms with van der Waals surface area (Å²) in [5.41, 5.74) is 2.19. The summed E-state index contributed by atoms with van der Waals surface area (Å²) in [5.74, 6) is 0.144. The highest BCUT2D eigenvalue weighted by molar-refractivity contribution is 5.92. The zero-order chi connectivity index (χ0) is 20.7. The van der Waals surface area contributed by atoms with E-state index in [2.05, 4.69) is 36.3 Å². The van der Waals surface area contributed by atoms with Crippen LogP contribution in [0.15, 0.2) is 36.9 Å². The van der Waals surface area contributed by atoms with Gasteiger partial charge < -0.3 is 20.2 Å². The van der Waals surface area contributed by atoms with Gasteiger partial charge in [0.15, 0.2) is 5.82 Å². The Hall–Kier alpha value is -3.49. The van der Waals surface area contributed by atoms with E-state index in [1.165, 1.54) is 12.3 Å². The van der Waals surface area contributed by atoms with Crippen molar-refractivity contribution in [1.29, 1.82) is 0 Å². The molecule has 0 bridgehead atoms. The molecule has 1 fully saturated rings. The van der Waals surface area contributed by atoms with E-state index in [1.54, 1.807) is 19.4 Å². The van der Waals surface area contributed by atoms with Gasteiger partial charge in [0.05, 0.1) is 6.20 Å². The van der Waals surface area contributed by atoms with Crippen LogP contribution < -0.4 is 10.6 Å². The number of rotatable bonds is 3. The summed E-state index contributed by atoms with van der Waals surface area (Å²) in [6.07, 6.45) is 10.6. The van der Waals surface area contributed by atoms with Gasteiger partial charge in [-0.1, -0.05) is 0 Å². The van der Waals surface area contributed by atoms with Crippen LogP contribution in [0.2, 0.25) is 0 Å². The predicted molar refractivity (Wildman–Crippen MR) is 111 cm³/mol. The van der Waals surface area contributed by atoms with Gasteiger partial charge >= 0.3 is 6.03 Å². The first kappa shape index (κ1) is 18.5. The molecule has 3 N–H and O–H groups in total. The van der Waals surface area contributed by atoms with Gasteiger partial charge in [0, 0.05) is 54.1 Å². The van der Waals surface area contributed by atoms with Crippen molar-refractivity contribution in [3.05, 3.63) is 42.7 Å². The van der Waals surface area contributed by atoms with Crippen molar-refractivity contribution >= 4 is 28.1 Å². The number of carbonyl (C=O) groups is 1. The van der Waals surface area contributed by atoms with Crippen LogP contribution in [0, 0.1) is 5.82 Å². The molecule has 30 heavy (non-hydrogen) atoms. The molecule has 0 saturated heterocycles. The highest BCUT2D eigenvalue weighted by Gasteiger charge is 2.24. The number of nitrogens with one attached hydrogen (secondary N) is 3. The van der Waals surface area contributed by atoms with E-state index in [9.17, 15) is 9.18 Å². The molecule has 1 aliphatic carbocycles. The molecular weight excluding hydrogens is 385 g/mol. The number of urea groups is 1. The van der Waals surface area contributed by atoms with Crippen molar-refractivity contribution in [3.63, 3.8) is 0 Å². The quantitative estimate of drug-likeness (QED) is 0.484. The number of hydrogen-bond acceptors (Lipinski definition) is 4. The third-order valence-corrected chi connectivity index (χ3v) is 5.85. The maximum atomic E-state index is 13.7. The van der Waals surface area contributed by atoms with Gasteiger partial charge in [-0.2, -0.15) is 0 Å². The first-order valence-electron chi connectivity index (χ1n) is 10.1.